The number of ether oxygens (including phenoxy) is 3. The Balaban J connectivity index is 3.24. The summed E-state index contributed by atoms with van der Waals surface area (Å²) in [6.07, 6.45) is 0. The van der Waals surface area contributed by atoms with Crippen molar-refractivity contribution in [2.45, 2.75) is 5.33 Å². The van der Waals surface area contributed by atoms with Crippen molar-refractivity contribution in [1.82, 2.24) is 0 Å². The van der Waals surface area contributed by atoms with E-state index in [0.717, 1.165) is 10.9 Å². The number of alkyl halides is 1. The van der Waals surface area contributed by atoms with E-state index in [1.54, 1.807) is 21.3 Å². The van der Waals surface area contributed by atoms with E-state index in [9.17, 15) is 0 Å². The van der Waals surface area contributed by atoms with Gasteiger partial charge in [-0.15, -0.1) is 0 Å². The van der Waals surface area contributed by atoms with Gasteiger partial charge in [-0.3, -0.25) is 0 Å². The monoisotopic (exact) mass is 263 g/mol. The first-order chi connectivity index (χ1) is 6.76. The molecule has 0 atom stereocenters. The maximum absolute atomic E-state index is 5.20. The normalized spacial score (nSPS) is 9.71. The van der Waals surface area contributed by atoms with Crippen LogP contribution in [0.25, 0.3) is 0 Å². The van der Waals surface area contributed by atoms with Gasteiger partial charge in [-0.2, -0.15) is 0 Å². The number of methoxy groups -OCH3 is 3. The lowest BCUT2D eigenvalue weighted by Gasteiger charge is -2.13. The Kier molecular flexibility index (Phi) is 4.07. The minimum absolute atomic E-state index is 0.625. The van der Waals surface area contributed by atoms with E-state index in [0.29, 0.717) is 17.2 Å². The van der Waals surface area contributed by atoms with Crippen LogP contribution in [-0.2, 0) is 5.33 Å². The molecule has 3 nitrogen and oxygen atoms in total. The van der Waals surface area contributed by atoms with Gasteiger partial charge in [0.1, 0.15) is 0 Å². The number of benzene rings is 1. The Bertz CT molecular complexity index is 287. The maximum atomic E-state index is 5.20. The van der Waals surface area contributed by atoms with Crippen molar-refractivity contribution in [2.24, 2.45) is 0 Å². The molecule has 0 N–H and O–H groups in total. The molecule has 78 valence electrons. The smallest absolute Gasteiger partial charge is 0.203 e. The summed E-state index contributed by atoms with van der Waals surface area (Å²) in [6.45, 7) is 0. The molecule has 0 fully saturated rings. The van der Waals surface area contributed by atoms with Gasteiger partial charge < -0.3 is 14.2 Å². The predicted octanol–water partition coefficient (Wildman–Crippen LogP) is 2.61. The summed E-state index contributed by atoms with van der Waals surface area (Å²) < 4.78 is 15.6. The molecule has 4 heteroatoms. The Morgan fingerprint density at radius 3 is 1.79 bits per heavy atom. The van der Waals surface area contributed by atoms with Crippen LogP contribution in [-0.4, -0.2) is 21.3 Å². The molecule has 1 aromatic rings. The van der Waals surface area contributed by atoms with Crippen LogP contribution < -0.4 is 14.2 Å². The number of rotatable bonds is 4. The molecular weight excluding hydrogens is 251 g/mol. The summed E-state index contributed by atoms with van der Waals surface area (Å²) in [4.78, 5) is 0. The highest BCUT2D eigenvalue weighted by molar-refractivity contribution is 9.08. The summed E-state index contributed by atoms with van der Waals surface area (Å²) in [7, 11) is 4.80. The fraction of sp³-hybridized carbons (Fsp3) is 0.400. The standard InChI is InChI=1S/C10H13BrO3/c1-12-8-4-7(6-11)5-9(13-2)10(8)14-3/h4-5H,6H2,1-3H3/i1+1,2+1,3+1. The molecule has 0 unspecified atom stereocenters. The summed E-state index contributed by atoms with van der Waals surface area (Å²) in [5.41, 5.74) is 1.08. The highest BCUT2D eigenvalue weighted by Crippen LogP contribution is 2.38. The van der Waals surface area contributed by atoms with Crippen molar-refractivity contribution in [3.63, 3.8) is 0 Å². The van der Waals surface area contributed by atoms with E-state index in [1.807, 2.05) is 12.1 Å². The first kappa shape index (κ1) is 11.2. The SMILES string of the molecule is [13CH3]Oc1cc(CBr)cc(O[13CH3])c1O[13CH3]. The molecule has 0 radical (unpaired) electrons. The molecule has 1 aromatic carbocycles. The van der Waals surface area contributed by atoms with Crippen molar-refractivity contribution in [1.29, 1.82) is 0 Å². The highest BCUT2D eigenvalue weighted by atomic mass is 79.9. The van der Waals surface area contributed by atoms with Crippen molar-refractivity contribution in [3.05, 3.63) is 17.7 Å². The third-order valence-corrected chi connectivity index (χ3v) is 2.53. The average Bonchev–Trinajstić information content (AvgIpc) is 2.26. The van der Waals surface area contributed by atoms with Gasteiger partial charge in [0.05, 0.1) is 21.3 Å². The highest BCUT2D eigenvalue weighted by Gasteiger charge is 2.12. The second kappa shape index (κ2) is 5.10. The molecule has 0 spiro atoms. The summed E-state index contributed by atoms with van der Waals surface area (Å²) >= 11 is 3.38. The molecule has 14 heavy (non-hydrogen) atoms. The minimum Gasteiger partial charge on any atom is -0.493 e. The third kappa shape index (κ3) is 2.12. The van der Waals surface area contributed by atoms with E-state index < -0.39 is 0 Å². The predicted molar refractivity (Wildman–Crippen MR) is 58.7 cm³/mol. The van der Waals surface area contributed by atoms with Gasteiger partial charge in [0.2, 0.25) is 5.75 Å². The van der Waals surface area contributed by atoms with Crippen molar-refractivity contribution in [2.75, 3.05) is 21.3 Å². The largest absolute Gasteiger partial charge is 0.493 e. The zero-order valence-electron chi connectivity index (χ0n) is 8.46. The van der Waals surface area contributed by atoms with Gasteiger partial charge in [0, 0.05) is 5.33 Å². The minimum atomic E-state index is 0.625. The number of halogens is 1. The third-order valence-electron chi connectivity index (χ3n) is 1.88. The zero-order chi connectivity index (χ0) is 10.6. The first-order valence-corrected chi connectivity index (χ1v) is 5.23. The average molecular weight is 264 g/mol. The molecule has 0 heterocycles. The second-order valence-electron chi connectivity index (χ2n) is 2.67. The molecule has 0 amide bonds. The van der Waals surface area contributed by atoms with Crippen LogP contribution in [0.5, 0.6) is 17.2 Å². The molecule has 0 aromatic heterocycles. The molecular formula is C10H13BrO3. The maximum Gasteiger partial charge on any atom is 0.203 e. The number of hydrogen-bond acceptors (Lipinski definition) is 3. The van der Waals surface area contributed by atoms with E-state index in [1.165, 1.54) is 0 Å². The van der Waals surface area contributed by atoms with Gasteiger partial charge in [0.15, 0.2) is 11.5 Å². The molecule has 0 saturated carbocycles. The molecule has 0 saturated heterocycles. The molecule has 1 rings (SSSR count). The Hall–Kier alpha value is -0.900. The van der Waals surface area contributed by atoms with Crippen molar-refractivity contribution < 1.29 is 14.2 Å². The quantitative estimate of drug-likeness (QED) is 0.618. The molecule has 0 aliphatic heterocycles. The van der Waals surface area contributed by atoms with Crippen LogP contribution in [0.15, 0.2) is 12.1 Å². The van der Waals surface area contributed by atoms with E-state index in [-0.39, 0.29) is 0 Å². The zero-order valence-corrected chi connectivity index (χ0v) is 10.1. The molecule has 0 aliphatic carbocycles. The fourth-order valence-electron chi connectivity index (χ4n) is 1.21. The van der Waals surface area contributed by atoms with Crippen LogP contribution in [0, 0.1) is 0 Å². The Labute approximate surface area is 92.1 Å². The van der Waals surface area contributed by atoms with Gasteiger partial charge in [-0.1, -0.05) is 15.9 Å². The Morgan fingerprint density at radius 2 is 1.50 bits per heavy atom. The second-order valence-corrected chi connectivity index (χ2v) is 3.23. The molecule has 0 bridgehead atoms. The van der Waals surface area contributed by atoms with Gasteiger partial charge in [0.25, 0.3) is 0 Å². The van der Waals surface area contributed by atoms with Crippen LogP contribution >= 0.6 is 15.9 Å². The fourth-order valence-corrected chi connectivity index (χ4v) is 1.54. The van der Waals surface area contributed by atoms with Crippen LogP contribution in [0.4, 0.5) is 0 Å². The van der Waals surface area contributed by atoms with E-state index in [4.69, 9.17) is 14.2 Å². The van der Waals surface area contributed by atoms with Gasteiger partial charge >= 0.3 is 0 Å². The van der Waals surface area contributed by atoms with Crippen LogP contribution in [0.3, 0.4) is 0 Å². The topological polar surface area (TPSA) is 27.7 Å². The van der Waals surface area contributed by atoms with Crippen molar-refractivity contribution >= 4 is 15.9 Å². The summed E-state index contributed by atoms with van der Waals surface area (Å²) in [5, 5.41) is 0.754. The Morgan fingerprint density at radius 1 is 1.00 bits per heavy atom. The van der Waals surface area contributed by atoms with Gasteiger partial charge in [-0.05, 0) is 17.7 Å². The lowest BCUT2D eigenvalue weighted by Crippen LogP contribution is -1.96. The summed E-state index contributed by atoms with van der Waals surface area (Å²) in [6, 6.07) is 3.83. The van der Waals surface area contributed by atoms with Gasteiger partial charge in [-0.25, -0.2) is 0 Å². The van der Waals surface area contributed by atoms with E-state index >= 15 is 0 Å². The van der Waals surface area contributed by atoms with Crippen LogP contribution in [0.2, 0.25) is 0 Å². The van der Waals surface area contributed by atoms with Crippen LogP contribution in [0.1, 0.15) is 5.56 Å². The molecule has 0 aliphatic rings. The first-order valence-electron chi connectivity index (χ1n) is 4.11. The van der Waals surface area contributed by atoms with E-state index in [2.05, 4.69) is 15.9 Å². The van der Waals surface area contributed by atoms with Crippen molar-refractivity contribution in [3.8, 4) is 17.2 Å². The number of hydrogen-bond donors (Lipinski definition) is 0. The lowest BCUT2D eigenvalue weighted by molar-refractivity contribution is 0.324. The summed E-state index contributed by atoms with van der Waals surface area (Å²) in [5.74, 6) is 1.99. The lowest BCUT2D eigenvalue weighted by atomic mass is 10.2.